The topological polar surface area (TPSA) is 29.1 Å². The van der Waals surface area contributed by atoms with Gasteiger partial charge in [0.25, 0.3) is 5.91 Å². The normalized spacial score (nSPS) is 20.1. The molecule has 0 spiro atoms. The second kappa shape index (κ2) is 4.11. The number of nitrogens with one attached hydrogen (secondary N) is 1. The van der Waals surface area contributed by atoms with Crippen molar-refractivity contribution in [2.45, 2.75) is 51.4 Å². The Kier molecular flexibility index (Phi) is 3.00. The summed E-state index contributed by atoms with van der Waals surface area (Å²) in [6, 6.07) is 6.13. The molecule has 0 atom stereocenters. The predicted molar refractivity (Wildman–Crippen MR) is 75.1 cm³/mol. The van der Waals surface area contributed by atoms with Crippen LogP contribution in [0.4, 0.5) is 0 Å². The summed E-state index contributed by atoms with van der Waals surface area (Å²) in [6.45, 7) is 9.03. The summed E-state index contributed by atoms with van der Waals surface area (Å²) in [5.41, 5.74) is 3.65. The van der Waals surface area contributed by atoms with Gasteiger partial charge in [0.05, 0.1) is 0 Å². The van der Waals surface area contributed by atoms with E-state index in [2.05, 4.69) is 39.1 Å². The minimum absolute atomic E-state index is 0.0256. The summed E-state index contributed by atoms with van der Waals surface area (Å²) in [6.07, 6.45) is 2.30. The lowest BCUT2D eigenvalue weighted by Gasteiger charge is -2.42. The fourth-order valence-electron chi connectivity index (χ4n) is 3.05. The van der Waals surface area contributed by atoms with Crippen LogP contribution in [0.3, 0.4) is 0 Å². The summed E-state index contributed by atoms with van der Waals surface area (Å²) in [5, 5.41) is 2.76. The molecule has 1 aromatic carbocycles. The van der Waals surface area contributed by atoms with E-state index < -0.39 is 0 Å². The maximum Gasteiger partial charge on any atom is 0.251 e. The second-order valence-electron chi connectivity index (χ2n) is 6.58. The van der Waals surface area contributed by atoms with Gasteiger partial charge in [-0.1, -0.05) is 39.8 Å². The molecule has 0 saturated carbocycles. The van der Waals surface area contributed by atoms with Crippen molar-refractivity contribution in [2.75, 3.05) is 7.05 Å². The van der Waals surface area contributed by atoms with E-state index in [4.69, 9.17) is 0 Å². The van der Waals surface area contributed by atoms with Crippen molar-refractivity contribution in [1.29, 1.82) is 0 Å². The molecular weight excluding hydrogens is 222 g/mol. The van der Waals surface area contributed by atoms with Crippen LogP contribution in [0.1, 0.15) is 62.0 Å². The molecule has 0 heterocycles. The second-order valence-corrected chi connectivity index (χ2v) is 6.58. The lowest BCUT2D eigenvalue weighted by Crippen LogP contribution is -2.36. The van der Waals surface area contributed by atoms with E-state index in [0.29, 0.717) is 0 Å². The fourth-order valence-corrected chi connectivity index (χ4v) is 3.05. The van der Waals surface area contributed by atoms with E-state index in [1.54, 1.807) is 7.05 Å². The largest absolute Gasteiger partial charge is 0.355 e. The van der Waals surface area contributed by atoms with Gasteiger partial charge < -0.3 is 5.32 Å². The van der Waals surface area contributed by atoms with E-state index in [0.717, 1.165) is 12.0 Å². The highest BCUT2D eigenvalue weighted by atomic mass is 16.1. The highest BCUT2D eigenvalue weighted by molar-refractivity contribution is 5.96. The molecule has 1 aliphatic carbocycles. The minimum atomic E-state index is 0.0256. The molecule has 18 heavy (non-hydrogen) atoms. The Balaban J connectivity index is 2.71. The Labute approximate surface area is 110 Å². The SMILES string of the molecule is CNC(=O)c1cccc2c1C(C)(C)CCC2(C)C. The lowest BCUT2D eigenvalue weighted by molar-refractivity contribution is 0.0959. The standard InChI is InChI=1S/C16H23NO/c1-15(2)9-10-16(3,4)13-11(14(18)17-5)7-6-8-12(13)15/h6-8H,9-10H2,1-5H3,(H,17,18). The zero-order chi connectivity index (χ0) is 13.6. The third-order valence-corrected chi connectivity index (χ3v) is 4.32. The van der Waals surface area contributed by atoms with Crippen LogP contribution < -0.4 is 5.32 Å². The van der Waals surface area contributed by atoms with E-state index in [1.807, 2.05) is 12.1 Å². The first-order chi connectivity index (χ1) is 8.29. The maximum absolute atomic E-state index is 12.1. The maximum atomic E-state index is 12.1. The van der Waals surface area contributed by atoms with Crippen LogP contribution in [0.2, 0.25) is 0 Å². The third kappa shape index (κ3) is 1.94. The number of carbonyl (C=O) groups is 1. The number of hydrogen-bond donors (Lipinski definition) is 1. The molecule has 0 unspecified atom stereocenters. The fraction of sp³-hybridized carbons (Fsp3) is 0.562. The van der Waals surface area contributed by atoms with Gasteiger partial charge in [-0.25, -0.2) is 0 Å². The molecule has 0 saturated heterocycles. The Morgan fingerprint density at radius 3 is 2.33 bits per heavy atom. The molecule has 2 heteroatoms. The first-order valence-corrected chi connectivity index (χ1v) is 6.66. The summed E-state index contributed by atoms with van der Waals surface area (Å²) >= 11 is 0. The minimum Gasteiger partial charge on any atom is -0.355 e. The highest BCUT2D eigenvalue weighted by Gasteiger charge is 2.39. The van der Waals surface area contributed by atoms with Crippen molar-refractivity contribution < 1.29 is 4.79 Å². The van der Waals surface area contributed by atoms with Crippen LogP contribution in [0, 0.1) is 0 Å². The quantitative estimate of drug-likeness (QED) is 0.807. The number of amides is 1. The van der Waals surface area contributed by atoms with Gasteiger partial charge in [-0.05, 0) is 40.9 Å². The molecule has 1 aliphatic rings. The van der Waals surface area contributed by atoms with Crippen molar-refractivity contribution in [3.8, 4) is 0 Å². The number of rotatable bonds is 1. The average molecular weight is 245 g/mol. The van der Waals surface area contributed by atoms with Gasteiger partial charge in [-0.3, -0.25) is 4.79 Å². The molecule has 2 rings (SSSR count). The van der Waals surface area contributed by atoms with Crippen LogP contribution in [0.25, 0.3) is 0 Å². The van der Waals surface area contributed by atoms with Crippen molar-refractivity contribution >= 4 is 5.91 Å². The first-order valence-electron chi connectivity index (χ1n) is 6.66. The van der Waals surface area contributed by atoms with Crippen LogP contribution >= 0.6 is 0 Å². The number of benzene rings is 1. The monoisotopic (exact) mass is 245 g/mol. The van der Waals surface area contributed by atoms with Crippen LogP contribution in [-0.4, -0.2) is 13.0 Å². The average Bonchev–Trinajstić information content (AvgIpc) is 2.33. The summed E-state index contributed by atoms with van der Waals surface area (Å²) in [5.74, 6) is 0.0256. The van der Waals surface area contributed by atoms with Crippen molar-refractivity contribution in [3.63, 3.8) is 0 Å². The molecule has 98 valence electrons. The molecule has 2 nitrogen and oxygen atoms in total. The van der Waals surface area contributed by atoms with Gasteiger partial charge in [-0.2, -0.15) is 0 Å². The first kappa shape index (κ1) is 13.1. The van der Waals surface area contributed by atoms with Crippen molar-refractivity contribution in [3.05, 3.63) is 34.9 Å². The number of fused-ring (bicyclic) bond motifs is 1. The van der Waals surface area contributed by atoms with E-state index in [9.17, 15) is 4.79 Å². The predicted octanol–water partition coefficient (Wildman–Crippen LogP) is 3.40. The lowest BCUT2D eigenvalue weighted by atomic mass is 9.62. The summed E-state index contributed by atoms with van der Waals surface area (Å²) in [4.78, 5) is 12.1. The Morgan fingerprint density at radius 2 is 1.72 bits per heavy atom. The van der Waals surface area contributed by atoms with Crippen LogP contribution in [0.15, 0.2) is 18.2 Å². The molecule has 0 aromatic heterocycles. The molecule has 0 fully saturated rings. The molecular formula is C16H23NO. The van der Waals surface area contributed by atoms with Gasteiger partial charge in [-0.15, -0.1) is 0 Å². The summed E-state index contributed by atoms with van der Waals surface area (Å²) in [7, 11) is 1.70. The van der Waals surface area contributed by atoms with Gasteiger partial charge in [0.2, 0.25) is 0 Å². The number of carbonyl (C=O) groups excluding carboxylic acids is 1. The summed E-state index contributed by atoms with van der Waals surface area (Å²) < 4.78 is 0. The van der Waals surface area contributed by atoms with Crippen molar-refractivity contribution in [2.24, 2.45) is 0 Å². The molecule has 0 bridgehead atoms. The molecule has 1 aromatic rings. The zero-order valence-corrected chi connectivity index (χ0v) is 12.1. The van der Waals surface area contributed by atoms with Gasteiger partial charge in [0, 0.05) is 12.6 Å². The molecule has 1 N–H and O–H groups in total. The zero-order valence-electron chi connectivity index (χ0n) is 12.1. The Bertz CT molecular complexity index is 486. The van der Waals surface area contributed by atoms with Gasteiger partial charge in [0.1, 0.15) is 0 Å². The molecule has 1 amide bonds. The Hall–Kier alpha value is -1.31. The number of hydrogen-bond acceptors (Lipinski definition) is 1. The van der Waals surface area contributed by atoms with E-state index in [1.165, 1.54) is 17.5 Å². The van der Waals surface area contributed by atoms with Crippen LogP contribution in [0.5, 0.6) is 0 Å². The van der Waals surface area contributed by atoms with E-state index >= 15 is 0 Å². The van der Waals surface area contributed by atoms with Crippen molar-refractivity contribution in [1.82, 2.24) is 5.32 Å². The third-order valence-electron chi connectivity index (χ3n) is 4.32. The molecule has 0 aliphatic heterocycles. The molecule has 0 radical (unpaired) electrons. The van der Waals surface area contributed by atoms with Crippen LogP contribution in [-0.2, 0) is 10.8 Å². The van der Waals surface area contributed by atoms with Gasteiger partial charge in [0.15, 0.2) is 0 Å². The Morgan fingerprint density at radius 1 is 1.11 bits per heavy atom. The highest BCUT2D eigenvalue weighted by Crippen LogP contribution is 2.46. The smallest absolute Gasteiger partial charge is 0.251 e. The van der Waals surface area contributed by atoms with Gasteiger partial charge >= 0.3 is 0 Å². The van der Waals surface area contributed by atoms with E-state index in [-0.39, 0.29) is 16.7 Å².